The smallest absolute Gasteiger partial charge is 0.350 e. The number of nitrogens with zero attached hydrogens (tertiary/aromatic N) is 1. The molecule has 1 atom stereocenters. The Morgan fingerprint density at radius 2 is 1.78 bits per heavy atom. The third-order valence-electron chi connectivity index (χ3n) is 6.64. The molecule has 0 saturated carbocycles. The molecule has 0 spiro atoms. The van der Waals surface area contributed by atoms with Gasteiger partial charge in [0.1, 0.15) is 11.4 Å². The maximum Gasteiger partial charge on any atom is 0.350 e. The van der Waals surface area contributed by atoms with Gasteiger partial charge in [0.05, 0.1) is 25.9 Å². The molecular weight excluding hydrogens is 497 g/mol. The molecule has 0 aliphatic carbocycles. The monoisotopic (exact) mass is 532 g/mol. The van der Waals surface area contributed by atoms with Crippen LogP contribution < -0.4 is 5.32 Å². The first kappa shape index (κ1) is 27.2. The van der Waals surface area contributed by atoms with Crippen LogP contribution in [0.25, 0.3) is 0 Å². The van der Waals surface area contributed by atoms with Crippen LogP contribution in [0.3, 0.4) is 0 Å². The van der Waals surface area contributed by atoms with Crippen LogP contribution in [0.4, 0.5) is 5.69 Å². The van der Waals surface area contributed by atoms with Crippen LogP contribution >= 0.6 is 11.3 Å². The summed E-state index contributed by atoms with van der Waals surface area (Å²) < 4.78 is 5.70. The van der Waals surface area contributed by atoms with Crippen molar-refractivity contribution >= 4 is 28.9 Å². The van der Waals surface area contributed by atoms with Crippen molar-refractivity contribution in [2.45, 2.75) is 65.5 Å². The fraction of sp³-hybridized carbons (Fsp3) is 0.520. The van der Waals surface area contributed by atoms with Crippen molar-refractivity contribution in [3.05, 3.63) is 51.2 Å². The number of likely N-dealkylation sites (tertiary alicyclic amines) is 1. The molecule has 1 amide bonds. The number of anilines is 1. The maximum absolute atomic E-state index is 13.6. The largest absolute Gasteiger partial charge is 0.465 e. The molecule has 7 heteroatoms. The summed E-state index contributed by atoms with van der Waals surface area (Å²) in [6.07, 6.45) is 5.27. The number of nitrogens with one attached hydrogen (secondary N) is 1. The maximum atomic E-state index is 13.6. The van der Waals surface area contributed by atoms with E-state index >= 15 is 0 Å². The summed E-state index contributed by atoms with van der Waals surface area (Å²) in [6, 6.07) is 8.47. The Labute approximate surface area is 221 Å². The van der Waals surface area contributed by atoms with Crippen LogP contribution in [0.5, 0.6) is 0 Å². The van der Waals surface area contributed by atoms with Gasteiger partial charge in [-0.25, -0.2) is 4.79 Å². The average molecular weight is 533 g/mol. The van der Waals surface area contributed by atoms with Gasteiger partial charge in [-0.15, -0.1) is 11.3 Å². The van der Waals surface area contributed by atoms with Gasteiger partial charge in [-0.1, -0.05) is 38.1 Å². The third-order valence-corrected chi connectivity index (χ3v) is 7.71. The number of rotatable bonds is 8. The van der Waals surface area contributed by atoms with E-state index in [2.05, 4.69) is 43.4 Å². The second-order valence-electron chi connectivity index (χ2n) is 8.53. The molecule has 2 aromatic rings. The summed E-state index contributed by atoms with van der Waals surface area (Å²) in [5.74, 6) is -0.398. The minimum absolute atomic E-state index is 0. The molecule has 1 unspecified atom stereocenters. The summed E-state index contributed by atoms with van der Waals surface area (Å²) in [4.78, 5) is 26.3. The summed E-state index contributed by atoms with van der Waals surface area (Å²) in [5.41, 5.74) is 4.21. The van der Waals surface area contributed by atoms with Gasteiger partial charge < -0.3 is 14.5 Å². The van der Waals surface area contributed by atoms with Crippen molar-refractivity contribution in [2.75, 3.05) is 25.5 Å². The first-order valence-corrected chi connectivity index (χ1v) is 12.2. The van der Waals surface area contributed by atoms with Crippen molar-refractivity contribution in [1.82, 2.24) is 0 Å². The van der Waals surface area contributed by atoms with Crippen LogP contribution in [0.15, 0.2) is 29.6 Å². The molecule has 1 aromatic carbocycles. The first-order valence-electron chi connectivity index (χ1n) is 11.4. The molecule has 1 aliphatic heterocycles. The van der Waals surface area contributed by atoms with E-state index in [0.717, 1.165) is 55.4 Å². The van der Waals surface area contributed by atoms with Crippen molar-refractivity contribution in [3.63, 3.8) is 0 Å². The fourth-order valence-corrected chi connectivity index (χ4v) is 5.91. The molecule has 1 saturated heterocycles. The van der Waals surface area contributed by atoms with E-state index < -0.39 is 5.97 Å². The molecule has 1 radical (unpaired) electrons. The number of amides is 1. The first-order chi connectivity index (χ1) is 15.0. The summed E-state index contributed by atoms with van der Waals surface area (Å²) in [6.45, 7) is 9.11. The number of benzene rings is 1. The van der Waals surface area contributed by atoms with Gasteiger partial charge in [-0.05, 0) is 49.1 Å². The predicted molar refractivity (Wildman–Crippen MR) is 126 cm³/mol. The number of hydrogen-bond donors (Lipinski definition) is 1. The molecule has 32 heavy (non-hydrogen) atoms. The van der Waals surface area contributed by atoms with E-state index in [0.29, 0.717) is 10.6 Å². The van der Waals surface area contributed by atoms with Crippen molar-refractivity contribution < 1.29 is 51.5 Å². The molecule has 1 fully saturated rings. The fourth-order valence-electron chi connectivity index (χ4n) is 4.99. The molecule has 1 aliphatic rings. The Morgan fingerprint density at radius 3 is 2.38 bits per heavy atom. The van der Waals surface area contributed by atoms with E-state index in [1.165, 1.54) is 36.0 Å². The number of carbonyl (C=O) groups excluding carboxylic acids is 2. The average Bonchev–Trinajstić information content (AvgIpc) is 3.14. The van der Waals surface area contributed by atoms with Crippen LogP contribution in [-0.2, 0) is 55.2 Å². The van der Waals surface area contributed by atoms with Gasteiger partial charge in [-0.2, -0.15) is 0 Å². The molecule has 1 N–H and O–H groups in total. The minimum Gasteiger partial charge on any atom is -0.465 e. The Hall–Kier alpha value is -1.08. The van der Waals surface area contributed by atoms with Crippen molar-refractivity contribution in [1.29, 1.82) is 0 Å². The number of carbonyl (C=O) groups is 2. The summed E-state index contributed by atoms with van der Waals surface area (Å²) in [5, 5.41) is 5.01. The summed E-state index contributed by atoms with van der Waals surface area (Å²) >= 11 is 1.32. The molecule has 2 heterocycles. The van der Waals surface area contributed by atoms with Crippen LogP contribution in [0.1, 0.15) is 65.9 Å². The van der Waals surface area contributed by atoms with Gasteiger partial charge in [0.15, 0.2) is 6.04 Å². The summed E-state index contributed by atoms with van der Waals surface area (Å²) in [7, 11) is 1.37. The van der Waals surface area contributed by atoms with Crippen LogP contribution in [0.2, 0.25) is 0 Å². The van der Waals surface area contributed by atoms with Gasteiger partial charge in [0.25, 0.3) is 5.91 Å². The number of esters is 1. The van der Waals surface area contributed by atoms with E-state index in [1.54, 1.807) is 0 Å². The molecule has 3 rings (SSSR count). The number of piperidine rings is 1. The second-order valence-corrected chi connectivity index (χ2v) is 9.41. The molecule has 171 valence electrons. The Morgan fingerprint density at radius 1 is 1.12 bits per heavy atom. The Bertz CT molecular complexity index is 922. The molecule has 5 nitrogen and oxygen atoms in total. The molecular formula is C25H35N2O3SY+. The normalized spacial score (nSPS) is 16.0. The molecule has 0 bridgehead atoms. The van der Waals surface area contributed by atoms with E-state index in [1.807, 2.05) is 12.3 Å². The van der Waals surface area contributed by atoms with E-state index in [9.17, 15) is 9.59 Å². The topological polar surface area (TPSA) is 55.4 Å². The van der Waals surface area contributed by atoms with Gasteiger partial charge in [0.2, 0.25) is 0 Å². The van der Waals surface area contributed by atoms with E-state index in [-0.39, 0.29) is 44.7 Å². The van der Waals surface area contributed by atoms with E-state index in [4.69, 9.17) is 4.74 Å². The van der Waals surface area contributed by atoms with Crippen LogP contribution in [0, 0.1) is 6.92 Å². The third kappa shape index (κ3) is 5.88. The van der Waals surface area contributed by atoms with Gasteiger partial charge >= 0.3 is 5.97 Å². The zero-order valence-electron chi connectivity index (χ0n) is 19.8. The minimum atomic E-state index is -0.403. The van der Waals surface area contributed by atoms with Crippen LogP contribution in [-0.4, -0.2) is 42.6 Å². The number of thiophene rings is 1. The zero-order chi connectivity index (χ0) is 22.4. The predicted octanol–water partition coefficient (Wildman–Crippen LogP) is 5.32. The Kier molecular flexibility index (Phi) is 10.5. The zero-order valence-corrected chi connectivity index (χ0v) is 23.4. The number of ether oxygens (including phenoxy) is 1. The van der Waals surface area contributed by atoms with Crippen molar-refractivity contribution in [2.24, 2.45) is 0 Å². The van der Waals surface area contributed by atoms with Crippen molar-refractivity contribution in [3.8, 4) is 0 Å². The Balaban J connectivity index is 0.00000363. The van der Waals surface area contributed by atoms with Gasteiger partial charge in [0, 0.05) is 44.7 Å². The standard InChI is InChI=1S/C25H34N2O3S.Y/c1-5-19-12-8-9-13-20(19)16-27(14-10-7-11-15-27)21(6-2)24(28)26-22-18(3)17-31-23(22)25(29)30-4;/h8-9,12-13,17,21H,5-7,10-11,14-16H2,1-4H3;/p+1. The second kappa shape index (κ2) is 12.4. The quantitative estimate of drug-likeness (QED) is 0.370. The van der Waals surface area contributed by atoms with Gasteiger partial charge in [-0.3, -0.25) is 4.79 Å². The molecule has 1 aromatic heterocycles. The number of aryl methyl sites for hydroxylation is 2. The number of quaternary nitrogens is 1. The number of hydrogen-bond acceptors (Lipinski definition) is 4. The number of methoxy groups -OCH3 is 1. The SMILES string of the molecule is CCc1ccccc1C[N+]1(C(CC)C(=O)Nc2c(C)csc2C(=O)OC)CCCCC1.[Y].